The second kappa shape index (κ2) is 7.84. The first-order valence-electron chi connectivity index (χ1n) is 10.1. The van der Waals surface area contributed by atoms with Gasteiger partial charge in [-0.25, -0.2) is 8.78 Å². The Morgan fingerprint density at radius 2 is 1.73 bits per heavy atom. The van der Waals surface area contributed by atoms with Crippen LogP contribution in [0.5, 0.6) is 5.75 Å². The number of rotatable bonds is 3. The van der Waals surface area contributed by atoms with Gasteiger partial charge < -0.3 is 14.7 Å². The Morgan fingerprint density at radius 1 is 1.07 bits per heavy atom. The fourth-order valence-electron chi connectivity index (χ4n) is 4.29. The Morgan fingerprint density at radius 3 is 2.43 bits per heavy atom. The minimum atomic E-state index is -0.819. The van der Waals surface area contributed by atoms with E-state index >= 15 is 0 Å². The summed E-state index contributed by atoms with van der Waals surface area (Å²) < 4.78 is 33.9. The zero-order chi connectivity index (χ0) is 21.5. The van der Waals surface area contributed by atoms with Crippen molar-refractivity contribution in [1.82, 2.24) is 4.90 Å². The molecule has 30 heavy (non-hydrogen) atoms. The summed E-state index contributed by atoms with van der Waals surface area (Å²) in [6, 6.07) is 9.12. The largest absolute Gasteiger partial charge is 0.488 e. The predicted molar refractivity (Wildman–Crippen MR) is 110 cm³/mol. The zero-order valence-electron chi connectivity index (χ0n) is 17.2. The molecule has 0 aromatic heterocycles. The molecule has 1 fully saturated rings. The van der Waals surface area contributed by atoms with Crippen molar-refractivity contribution >= 4 is 11.5 Å². The summed E-state index contributed by atoms with van der Waals surface area (Å²) in [5.41, 5.74) is 3.55. The average Bonchev–Trinajstić information content (AvgIpc) is 2.84. The van der Waals surface area contributed by atoms with E-state index in [1.807, 2.05) is 0 Å². The van der Waals surface area contributed by atoms with Crippen molar-refractivity contribution in [2.24, 2.45) is 5.41 Å². The smallest absolute Gasteiger partial charge is 0.310 e. The molecular formula is C24H25F2NO3. The highest BCUT2D eigenvalue weighted by Crippen LogP contribution is 2.41. The first-order valence-corrected chi connectivity index (χ1v) is 10.1. The maximum atomic E-state index is 14.1. The molecule has 0 spiro atoms. The number of halogens is 2. The Balaban J connectivity index is 1.72. The van der Waals surface area contributed by atoms with Crippen molar-refractivity contribution in [2.45, 2.75) is 33.3 Å². The predicted octanol–water partition coefficient (Wildman–Crippen LogP) is 4.87. The highest BCUT2D eigenvalue weighted by Gasteiger charge is 2.32. The molecule has 4 nitrogen and oxygen atoms in total. The Hall–Kier alpha value is -2.73. The minimum Gasteiger partial charge on any atom is -0.488 e. The van der Waals surface area contributed by atoms with Crippen LogP contribution in [0.2, 0.25) is 0 Å². The number of carboxylic acid groups (broad SMARTS) is 1. The first-order chi connectivity index (χ1) is 14.2. The number of aliphatic carboxylic acids is 1. The Kier molecular flexibility index (Phi) is 5.36. The molecule has 0 amide bonds. The Bertz CT molecular complexity index is 1020. The van der Waals surface area contributed by atoms with Gasteiger partial charge in [0.15, 0.2) is 0 Å². The lowest BCUT2D eigenvalue weighted by Crippen LogP contribution is -2.42. The highest BCUT2D eigenvalue weighted by atomic mass is 19.1. The van der Waals surface area contributed by atoms with Gasteiger partial charge in [-0.15, -0.1) is 0 Å². The van der Waals surface area contributed by atoms with Crippen LogP contribution in [0.25, 0.3) is 5.57 Å². The number of nitrogens with zero attached hydrogens (tertiary/aromatic N) is 1. The van der Waals surface area contributed by atoms with Crippen molar-refractivity contribution in [3.63, 3.8) is 0 Å². The molecule has 2 aromatic carbocycles. The molecule has 6 heteroatoms. The number of piperidine rings is 1. The maximum absolute atomic E-state index is 14.1. The summed E-state index contributed by atoms with van der Waals surface area (Å²) in [7, 11) is 0. The number of carboxylic acids is 1. The van der Waals surface area contributed by atoms with Crippen LogP contribution in [-0.4, -0.2) is 35.6 Å². The van der Waals surface area contributed by atoms with Gasteiger partial charge in [-0.3, -0.25) is 4.79 Å². The van der Waals surface area contributed by atoms with Crippen LogP contribution in [0, 0.1) is 17.0 Å². The number of ether oxygens (including phenoxy) is 1. The van der Waals surface area contributed by atoms with E-state index in [9.17, 15) is 18.7 Å². The number of likely N-dealkylation sites (tertiary alicyclic amines) is 1. The van der Waals surface area contributed by atoms with Gasteiger partial charge >= 0.3 is 5.97 Å². The highest BCUT2D eigenvalue weighted by molar-refractivity contribution is 5.87. The van der Waals surface area contributed by atoms with Gasteiger partial charge in [0.1, 0.15) is 24.0 Å². The monoisotopic (exact) mass is 413 g/mol. The molecule has 0 saturated carbocycles. The summed E-state index contributed by atoms with van der Waals surface area (Å²) in [6.07, 6.45) is 1.47. The second-order valence-electron chi connectivity index (χ2n) is 8.67. The van der Waals surface area contributed by atoms with Gasteiger partial charge in [0.05, 0.1) is 5.41 Å². The van der Waals surface area contributed by atoms with Crippen LogP contribution < -0.4 is 4.74 Å². The van der Waals surface area contributed by atoms with Gasteiger partial charge in [-0.1, -0.05) is 11.6 Å². The molecule has 2 aromatic rings. The van der Waals surface area contributed by atoms with Crippen molar-refractivity contribution in [3.8, 4) is 5.75 Å². The maximum Gasteiger partial charge on any atom is 0.310 e. The third kappa shape index (κ3) is 3.97. The van der Waals surface area contributed by atoms with E-state index in [2.05, 4.69) is 4.90 Å². The van der Waals surface area contributed by atoms with Gasteiger partial charge in [0, 0.05) is 30.8 Å². The second-order valence-corrected chi connectivity index (χ2v) is 8.67. The van der Waals surface area contributed by atoms with E-state index in [1.54, 1.807) is 26.0 Å². The van der Waals surface area contributed by atoms with Gasteiger partial charge in [0.25, 0.3) is 0 Å². The fraction of sp³-hybridized carbons (Fsp3) is 0.375. The van der Waals surface area contributed by atoms with Gasteiger partial charge in [0.2, 0.25) is 0 Å². The molecule has 1 N–H and O–H groups in total. The molecule has 158 valence electrons. The van der Waals surface area contributed by atoms with E-state index < -0.39 is 11.4 Å². The summed E-state index contributed by atoms with van der Waals surface area (Å²) in [6.45, 7) is 5.60. The summed E-state index contributed by atoms with van der Waals surface area (Å²) >= 11 is 0. The molecule has 0 unspecified atom stereocenters. The topological polar surface area (TPSA) is 49.8 Å². The van der Waals surface area contributed by atoms with Crippen LogP contribution >= 0.6 is 0 Å². The third-order valence-electron chi connectivity index (χ3n) is 5.94. The minimum absolute atomic E-state index is 0.224. The van der Waals surface area contributed by atoms with E-state index in [-0.39, 0.29) is 18.2 Å². The first kappa shape index (κ1) is 20.5. The summed E-state index contributed by atoms with van der Waals surface area (Å²) in [4.78, 5) is 13.6. The molecule has 1 saturated heterocycles. The van der Waals surface area contributed by atoms with Crippen LogP contribution in [0.4, 0.5) is 8.78 Å². The van der Waals surface area contributed by atoms with Gasteiger partial charge in [-0.05, 0) is 68.2 Å². The molecular weight excluding hydrogens is 388 g/mol. The van der Waals surface area contributed by atoms with Crippen LogP contribution in [0.3, 0.4) is 0 Å². The molecule has 2 aliphatic heterocycles. The van der Waals surface area contributed by atoms with Crippen LogP contribution in [-0.2, 0) is 11.4 Å². The lowest BCUT2D eigenvalue weighted by Gasteiger charge is -2.34. The third-order valence-corrected chi connectivity index (χ3v) is 5.94. The molecule has 2 heterocycles. The van der Waals surface area contributed by atoms with E-state index in [4.69, 9.17) is 4.74 Å². The SMILES string of the molecule is CC(C)(CN1CCC(=C2c3ccc(F)cc3COc3ccc(F)cc32)CC1)C(=O)O. The fourth-order valence-corrected chi connectivity index (χ4v) is 4.29. The summed E-state index contributed by atoms with van der Waals surface area (Å²) in [5.74, 6) is -0.899. The zero-order valence-corrected chi connectivity index (χ0v) is 17.2. The Labute approximate surface area is 174 Å². The van der Waals surface area contributed by atoms with Crippen molar-refractivity contribution in [2.75, 3.05) is 19.6 Å². The standard InChI is InChI=1S/C24H25F2NO3/c1-24(2,23(28)29)14-27-9-7-15(8-10-27)22-19-5-3-17(25)11-16(19)13-30-21-6-4-18(26)12-20(21)22/h3-6,11-12H,7-10,13-14H2,1-2H3,(H,28,29). The number of fused-ring (bicyclic) bond motifs is 2. The molecule has 0 bridgehead atoms. The van der Waals surface area contributed by atoms with Gasteiger partial charge in [-0.2, -0.15) is 0 Å². The average molecular weight is 413 g/mol. The molecule has 2 aliphatic rings. The van der Waals surface area contributed by atoms with E-state index in [1.165, 1.54) is 24.3 Å². The molecule has 0 aliphatic carbocycles. The van der Waals surface area contributed by atoms with E-state index in [0.717, 1.165) is 48.2 Å². The normalized spacial score (nSPS) is 17.1. The number of hydrogen-bond acceptors (Lipinski definition) is 3. The van der Waals surface area contributed by atoms with Crippen molar-refractivity contribution in [1.29, 1.82) is 0 Å². The number of benzene rings is 2. The lowest BCUT2D eigenvalue weighted by atomic mass is 9.85. The number of hydrogen-bond donors (Lipinski definition) is 1. The molecule has 0 atom stereocenters. The van der Waals surface area contributed by atoms with Crippen LogP contribution in [0.15, 0.2) is 42.0 Å². The van der Waals surface area contributed by atoms with Crippen LogP contribution in [0.1, 0.15) is 43.4 Å². The summed E-state index contributed by atoms with van der Waals surface area (Å²) in [5, 5.41) is 9.41. The van der Waals surface area contributed by atoms with Crippen molar-refractivity contribution < 1.29 is 23.4 Å². The molecule has 0 radical (unpaired) electrons. The molecule has 4 rings (SSSR count). The number of carbonyl (C=O) groups is 1. The quantitative estimate of drug-likeness (QED) is 0.780. The van der Waals surface area contributed by atoms with E-state index in [0.29, 0.717) is 17.9 Å². The van der Waals surface area contributed by atoms with Crippen molar-refractivity contribution in [3.05, 3.63) is 70.3 Å². The lowest BCUT2D eigenvalue weighted by molar-refractivity contribution is -0.148.